The highest BCUT2D eigenvalue weighted by atomic mass is 32.1. The summed E-state index contributed by atoms with van der Waals surface area (Å²) in [4.78, 5) is 24.7. The molecule has 1 N–H and O–H groups in total. The van der Waals surface area contributed by atoms with Gasteiger partial charge in [0.15, 0.2) is 0 Å². The van der Waals surface area contributed by atoms with Gasteiger partial charge < -0.3 is 9.47 Å². The van der Waals surface area contributed by atoms with Crippen molar-refractivity contribution in [1.29, 1.82) is 0 Å². The molecule has 146 valence electrons. The summed E-state index contributed by atoms with van der Waals surface area (Å²) in [5.41, 5.74) is 2.17. The average Bonchev–Trinajstić information content (AvgIpc) is 3.33. The van der Waals surface area contributed by atoms with Crippen molar-refractivity contribution < 1.29 is 19.1 Å². The van der Waals surface area contributed by atoms with Gasteiger partial charge in [-0.25, -0.2) is 9.59 Å². The summed E-state index contributed by atoms with van der Waals surface area (Å²) in [7, 11) is 0. The summed E-state index contributed by atoms with van der Waals surface area (Å²) >= 11 is 1.27. The minimum atomic E-state index is -1.12. The number of ether oxygens (including phenoxy) is 2. The van der Waals surface area contributed by atoms with Gasteiger partial charge in [0, 0.05) is 12.8 Å². The van der Waals surface area contributed by atoms with Crippen LogP contribution in [0.15, 0.2) is 5.10 Å². The molecule has 3 aliphatic rings. The zero-order valence-corrected chi connectivity index (χ0v) is 16.4. The molecule has 1 unspecified atom stereocenters. The second-order valence-electron chi connectivity index (χ2n) is 7.88. The smallest absolute Gasteiger partial charge is 0.369 e. The van der Waals surface area contributed by atoms with Crippen molar-refractivity contribution in [3.05, 3.63) is 5.01 Å². The molecule has 2 heterocycles. The molecule has 0 amide bonds. The van der Waals surface area contributed by atoms with E-state index in [1.807, 2.05) is 0 Å². The van der Waals surface area contributed by atoms with E-state index in [1.165, 1.54) is 30.6 Å². The lowest BCUT2D eigenvalue weighted by molar-refractivity contribution is -0.241. The Bertz CT molecular complexity index is 743. The summed E-state index contributed by atoms with van der Waals surface area (Å²) in [6.07, 6.45) is 6.93. The molecule has 0 bridgehead atoms. The first kappa shape index (κ1) is 18.3. The van der Waals surface area contributed by atoms with E-state index in [0.717, 1.165) is 23.8 Å². The van der Waals surface area contributed by atoms with E-state index in [4.69, 9.17) is 9.47 Å². The SMILES string of the molecule is Cc1nnc(NN=C2C(=O)OC3(CCC(C(C)CC4CC4)CC3)OC2=O)s1. The number of hydrogen-bond donors (Lipinski definition) is 1. The number of aromatic nitrogens is 2. The van der Waals surface area contributed by atoms with Gasteiger partial charge in [0.2, 0.25) is 5.13 Å². The van der Waals surface area contributed by atoms with Crippen LogP contribution < -0.4 is 5.43 Å². The summed E-state index contributed by atoms with van der Waals surface area (Å²) in [6, 6.07) is 0. The minimum absolute atomic E-state index is 0.391. The molecule has 2 saturated carbocycles. The Labute approximate surface area is 161 Å². The van der Waals surface area contributed by atoms with Crippen molar-refractivity contribution in [2.24, 2.45) is 22.9 Å². The van der Waals surface area contributed by atoms with E-state index in [2.05, 4.69) is 27.6 Å². The standard InChI is InChI=1S/C18H24N4O4S/c1-10(9-12-3-4-12)13-5-7-18(8-6-13)25-15(23)14(16(24)26-18)20-22-17-21-19-11(2)27-17/h10,12-13H,3-9H2,1-2H3,(H,21,22). The number of aryl methyl sites for hydroxylation is 1. The third kappa shape index (κ3) is 4.12. The lowest BCUT2D eigenvalue weighted by Crippen LogP contribution is -2.52. The number of anilines is 1. The van der Waals surface area contributed by atoms with Crippen LogP contribution in [0.2, 0.25) is 0 Å². The van der Waals surface area contributed by atoms with Gasteiger partial charge in [-0.2, -0.15) is 5.10 Å². The molecular formula is C18H24N4O4S. The molecule has 1 saturated heterocycles. The number of nitrogens with one attached hydrogen (secondary N) is 1. The van der Waals surface area contributed by atoms with Gasteiger partial charge in [-0.1, -0.05) is 31.1 Å². The van der Waals surface area contributed by atoms with Crippen molar-refractivity contribution in [3.63, 3.8) is 0 Å². The Morgan fingerprint density at radius 3 is 2.41 bits per heavy atom. The number of rotatable bonds is 5. The van der Waals surface area contributed by atoms with Gasteiger partial charge in [-0.3, -0.25) is 5.43 Å². The number of hydrogen-bond acceptors (Lipinski definition) is 9. The molecule has 1 atom stereocenters. The summed E-state index contributed by atoms with van der Waals surface area (Å²) in [5.74, 6) is -0.437. The van der Waals surface area contributed by atoms with Crippen LogP contribution in [0, 0.1) is 24.7 Å². The molecule has 0 radical (unpaired) electrons. The zero-order valence-electron chi connectivity index (χ0n) is 15.6. The van der Waals surface area contributed by atoms with E-state index in [-0.39, 0.29) is 0 Å². The molecule has 1 spiro atoms. The van der Waals surface area contributed by atoms with Gasteiger partial charge in [0.1, 0.15) is 5.01 Å². The lowest BCUT2D eigenvalue weighted by atomic mass is 9.76. The molecule has 1 aromatic heterocycles. The van der Waals surface area contributed by atoms with Crippen LogP contribution in [0.3, 0.4) is 0 Å². The number of hydrazone groups is 1. The number of carbonyl (C=O) groups excluding carboxylic acids is 2. The summed E-state index contributed by atoms with van der Waals surface area (Å²) < 4.78 is 11.1. The van der Waals surface area contributed by atoms with Crippen molar-refractivity contribution >= 4 is 34.1 Å². The maximum absolute atomic E-state index is 12.3. The minimum Gasteiger partial charge on any atom is -0.417 e. The highest BCUT2D eigenvalue weighted by Crippen LogP contribution is 2.44. The molecule has 1 aliphatic heterocycles. The second kappa shape index (κ2) is 7.18. The fraction of sp³-hybridized carbons (Fsp3) is 0.722. The Balaban J connectivity index is 1.35. The molecule has 4 rings (SSSR count). The first-order valence-electron chi connectivity index (χ1n) is 9.54. The Morgan fingerprint density at radius 2 is 1.85 bits per heavy atom. The number of nitrogens with zero attached hydrogens (tertiary/aromatic N) is 3. The van der Waals surface area contributed by atoms with Gasteiger partial charge in [0.25, 0.3) is 11.5 Å². The van der Waals surface area contributed by atoms with Crippen LogP contribution >= 0.6 is 11.3 Å². The fourth-order valence-electron chi connectivity index (χ4n) is 4.00. The van der Waals surface area contributed by atoms with Crippen LogP contribution in [-0.4, -0.2) is 33.6 Å². The van der Waals surface area contributed by atoms with Gasteiger partial charge >= 0.3 is 11.9 Å². The first-order chi connectivity index (χ1) is 12.9. The van der Waals surface area contributed by atoms with Crippen LogP contribution in [-0.2, 0) is 19.1 Å². The third-order valence-corrected chi connectivity index (χ3v) is 6.48. The van der Waals surface area contributed by atoms with E-state index in [1.54, 1.807) is 6.92 Å². The lowest BCUT2D eigenvalue weighted by Gasteiger charge is -2.41. The first-order valence-corrected chi connectivity index (χ1v) is 10.4. The third-order valence-electron chi connectivity index (χ3n) is 5.73. The van der Waals surface area contributed by atoms with E-state index >= 15 is 0 Å². The van der Waals surface area contributed by atoms with Gasteiger partial charge in [-0.15, -0.1) is 10.2 Å². The molecule has 3 fully saturated rings. The molecule has 9 heteroatoms. The van der Waals surface area contributed by atoms with Crippen LogP contribution in [0.1, 0.15) is 56.9 Å². The summed E-state index contributed by atoms with van der Waals surface area (Å²) in [5, 5.41) is 12.6. The number of esters is 2. The predicted octanol–water partition coefficient (Wildman–Crippen LogP) is 3.04. The Hall–Kier alpha value is -2.03. The second-order valence-corrected chi connectivity index (χ2v) is 9.06. The molecule has 8 nitrogen and oxygen atoms in total. The topological polar surface area (TPSA) is 103 Å². The maximum atomic E-state index is 12.3. The molecule has 2 aliphatic carbocycles. The van der Waals surface area contributed by atoms with E-state index in [9.17, 15) is 9.59 Å². The van der Waals surface area contributed by atoms with Crippen LogP contribution in [0.4, 0.5) is 5.13 Å². The quantitative estimate of drug-likeness (QED) is 0.607. The fourth-order valence-corrected chi connectivity index (χ4v) is 4.53. The molecule has 0 aromatic carbocycles. The molecular weight excluding hydrogens is 368 g/mol. The normalized spacial score (nSPS) is 29.3. The molecule has 1 aromatic rings. The monoisotopic (exact) mass is 392 g/mol. The largest absolute Gasteiger partial charge is 0.417 e. The van der Waals surface area contributed by atoms with Crippen LogP contribution in [0.25, 0.3) is 0 Å². The van der Waals surface area contributed by atoms with Crippen molar-refractivity contribution in [2.75, 3.05) is 5.43 Å². The molecule has 27 heavy (non-hydrogen) atoms. The Morgan fingerprint density at radius 1 is 1.19 bits per heavy atom. The maximum Gasteiger partial charge on any atom is 0.369 e. The van der Waals surface area contributed by atoms with Crippen molar-refractivity contribution in [2.45, 2.75) is 64.6 Å². The van der Waals surface area contributed by atoms with Gasteiger partial charge in [-0.05, 0) is 43.9 Å². The zero-order chi connectivity index (χ0) is 19.0. The predicted molar refractivity (Wildman–Crippen MR) is 99.1 cm³/mol. The van der Waals surface area contributed by atoms with Crippen LogP contribution in [0.5, 0.6) is 0 Å². The summed E-state index contributed by atoms with van der Waals surface area (Å²) in [6.45, 7) is 4.11. The van der Waals surface area contributed by atoms with Gasteiger partial charge in [0.05, 0.1) is 0 Å². The van der Waals surface area contributed by atoms with E-state index < -0.39 is 23.4 Å². The van der Waals surface area contributed by atoms with Crippen molar-refractivity contribution in [3.8, 4) is 0 Å². The average molecular weight is 392 g/mol. The highest BCUT2D eigenvalue weighted by molar-refractivity contribution is 7.15. The van der Waals surface area contributed by atoms with Crippen molar-refractivity contribution in [1.82, 2.24) is 10.2 Å². The van der Waals surface area contributed by atoms with E-state index in [0.29, 0.717) is 29.8 Å². The number of carbonyl (C=O) groups is 2. The Kier molecular flexibility index (Phi) is 4.88. The highest BCUT2D eigenvalue weighted by Gasteiger charge is 2.49.